The molecule has 4 aromatic heterocycles. The second-order valence-corrected chi connectivity index (χ2v) is 12.9. The Morgan fingerprint density at radius 1 is 0.630 bits per heavy atom. The number of ether oxygens (including phenoxy) is 2. The molecule has 0 spiro atoms. The summed E-state index contributed by atoms with van der Waals surface area (Å²) in [6, 6.07) is 19.5. The maximum atomic E-state index is 13.2. The minimum Gasteiger partial charge on any atom is -0.487 e. The van der Waals surface area contributed by atoms with Crippen LogP contribution in [-0.2, 0) is 39.4 Å². The lowest BCUT2D eigenvalue weighted by atomic mass is 10.2. The van der Waals surface area contributed by atoms with Gasteiger partial charge in [0, 0.05) is 43.3 Å². The van der Waals surface area contributed by atoms with Crippen LogP contribution in [0.5, 0.6) is 11.5 Å². The first-order valence-electron chi connectivity index (χ1n) is 17.3. The zero-order valence-electron chi connectivity index (χ0n) is 29.7. The van der Waals surface area contributed by atoms with Gasteiger partial charge in [-0.15, -0.1) is 0 Å². The number of nitrogens with zero attached hydrogens (tertiary/aromatic N) is 9. The maximum Gasteiger partial charge on any atom is 0.274 e. The standard InChI is InChI=1S/C20H19FN4O2.C19H18FN5O2/c1-14-5-6-15(11-22-14)20(26)24-7-8-25-18(12-24)10-17(23-25)13-27-19-4-2-3-16(21)9-19;1-13-9-22-18(10-21-13)19(26)24-5-6-25-16(11-24)8-15(23-25)12-27-17-4-2-3-14(20)7-17/h2-6,9-11H,7-8,12-13H2,1H3;2-4,7-10H,5-6,11-12H2,1H3. The highest BCUT2D eigenvalue weighted by Gasteiger charge is 2.25. The number of hydrogen-bond donors (Lipinski definition) is 0. The Morgan fingerprint density at radius 3 is 1.69 bits per heavy atom. The van der Waals surface area contributed by atoms with Gasteiger partial charge in [0.2, 0.25) is 0 Å². The molecule has 2 aliphatic heterocycles. The van der Waals surface area contributed by atoms with Gasteiger partial charge < -0.3 is 19.3 Å². The number of aromatic nitrogens is 7. The lowest BCUT2D eigenvalue weighted by molar-refractivity contribution is 0.0695. The predicted octanol–water partition coefficient (Wildman–Crippen LogP) is 5.32. The van der Waals surface area contributed by atoms with Crippen LogP contribution in [0.3, 0.4) is 0 Å². The first-order valence-corrected chi connectivity index (χ1v) is 17.3. The van der Waals surface area contributed by atoms with Crippen molar-refractivity contribution in [3.63, 3.8) is 0 Å². The molecule has 2 amide bonds. The number of aryl methyl sites for hydroxylation is 2. The molecule has 2 aromatic carbocycles. The third-order valence-corrected chi connectivity index (χ3v) is 8.80. The molecule has 0 N–H and O–H groups in total. The molecule has 0 fully saturated rings. The van der Waals surface area contributed by atoms with Gasteiger partial charge in [-0.3, -0.25) is 28.9 Å². The van der Waals surface area contributed by atoms with E-state index < -0.39 is 0 Å². The molecule has 276 valence electrons. The monoisotopic (exact) mass is 733 g/mol. The molecule has 0 bridgehead atoms. The van der Waals surface area contributed by atoms with E-state index in [1.807, 2.05) is 41.4 Å². The largest absolute Gasteiger partial charge is 0.487 e. The van der Waals surface area contributed by atoms with Crippen molar-refractivity contribution in [2.45, 2.75) is 53.2 Å². The second-order valence-electron chi connectivity index (χ2n) is 12.9. The third-order valence-electron chi connectivity index (χ3n) is 8.80. The van der Waals surface area contributed by atoms with Crippen LogP contribution in [0.1, 0.15) is 55.0 Å². The first kappa shape index (κ1) is 35.9. The van der Waals surface area contributed by atoms with Crippen molar-refractivity contribution in [3.8, 4) is 11.5 Å². The lowest BCUT2D eigenvalue weighted by Crippen LogP contribution is -2.38. The summed E-state index contributed by atoms with van der Waals surface area (Å²) in [5.74, 6) is 0.0572. The Morgan fingerprint density at radius 2 is 1.19 bits per heavy atom. The summed E-state index contributed by atoms with van der Waals surface area (Å²) in [7, 11) is 0. The Balaban J connectivity index is 0.000000167. The normalized spacial score (nSPS) is 13.3. The fraction of sp³-hybridized carbons (Fsp3) is 0.256. The van der Waals surface area contributed by atoms with Gasteiger partial charge in [0.15, 0.2) is 0 Å². The summed E-state index contributed by atoms with van der Waals surface area (Å²) < 4.78 is 41.4. The van der Waals surface area contributed by atoms with E-state index in [1.54, 1.807) is 52.5 Å². The molecule has 8 rings (SSSR count). The molecule has 15 heteroatoms. The van der Waals surface area contributed by atoms with E-state index in [0.717, 1.165) is 34.2 Å². The van der Waals surface area contributed by atoms with Gasteiger partial charge in [-0.05, 0) is 62.4 Å². The van der Waals surface area contributed by atoms with Crippen LogP contribution in [0.4, 0.5) is 8.78 Å². The molecule has 0 aliphatic carbocycles. The number of fused-ring (bicyclic) bond motifs is 2. The Bertz CT molecular complexity index is 2100. The van der Waals surface area contributed by atoms with Crippen molar-refractivity contribution in [2.75, 3.05) is 13.1 Å². The molecular weight excluding hydrogens is 696 g/mol. The summed E-state index contributed by atoms with van der Waals surface area (Å²) in [5, 5.41) is 9.01. The van der Waals surface area contributed by atoms with Gasteiger partial charge >= 0.3 is 0 Å². The number of carbonyl (C=O) groups is 2. The average Bonchev–Trinajstić information content (AvgIpc) is 3.79. The third kappa shape index (κ3) is 8.74. The van der Waals surface area contributed by atoms with Gasteiger partial charge in [-0.2, -0.15) is 10.2 Å². The van der Waals surface area contributed by atoms with Crippen LogP contribution in [-0.4, -0.2) is 69.2 Å². The summed E-state index contributed by atoms with van der Waals surface area (Å²) >= 11 is 0. The minimum atomic E-state index is -0.343. The minimum absolute atomic E-state index is 0.0347. The van der Waals surface area contributed by atoms with Crippen molar-refractivity contribution in [1.29, 1.82) is 0 Å². The van der Waals surface area contributed by atoms with Crippen molar-refractivity contribution < 1.29 is 27.8 Å². The highest BCUT2D eigenvalue weighted by Crippen LogP contribution is 2.20. The van der Waals surface area contributed by atoms with Crippen LogP contribution in [0.2, 0.25) is 0 Å². The number of amides is 2. The van der Waals surface area contributed by atoms with Crippen molar-refractivity contribution in [3.05, 3.63) is 148 Å². The molecule has 0 saturated heterocycles. The summed E-state index contributed by atoms with van der Waals surface area (Å²) in [5.41, 5.74) is 5.93. The maximum absolute atomic E-state index is 13.2. The number of rotatable bonds is 8. The zero-order chi connectivity index (χ0) is 37.6. The van der Waals surface area contributed by atoms with Crippen LogP contribution in [0.25, 0.3) is 0 Å². The molecule has 6 aromatic rings. The molecule has 2 aliphatic rings. The topological polar surface area (TPSA) is 133 Å². The van der Waals surface area contributed by atoms with Gasteiger partial charge in [0.05, 0.1) is 55.0 Å². The first-order chi connectivity index (χ1) is 26.2. The summed E-state index contributed by atoms with van der Waals surface area (Å²) in [4.78, 5) is 41.3. The molecule has 0 atom stereocenters. The van der Waals surface area contributed by atoms with Crippen molar-refractivity contribution >= 4 is 11.8 Å². The molecule has 54 heavy (non-hydrogen) atoms. The SMILES string of the molecule is Cc1ccc(C(=O)N2CCn3nc(COc4cccc(F)c4)cc3C2)cn1.Cc1cnc(C(=O)N2CCn3nc(COc4cccc(F)c4)cc3C2)cn1. The highest BCUT2D eigenvalue weighted by molar-refractivity contribution is 5.94. The Labute approximate surface area is 309 Å². The number of benzene rings is 2. The van der Waals surface area contributed by atoms with Crippen LogP contribution >= 0.6 is 0 Å². The van der Waals surface area contributed by atoms with Gasteiger partial charge in [-0.1, -0.05) is 12.1 Å². The molecule has 0 saturated carbocycles. The van der Waals surface area contributed by atoms with E-state index in [1.165, 1.54) is 30.5 Å². The molecule has 0 radical (unpaired) electrons. The number of pyridine rings is 1. The smallest absolute Gasteiger partial charge is 0.274 e. The van der Waals surface area contributed by atoms with Crippen molar-refractivity contribution in [1.82, 2.24) is 44.3 Å². The number of halogens is 2. The van der Waals surface area contributed by atoms with Crippen molar-refractivity contribution in [2.24, 2.45) is 0 Å². The molecule has 0 unspecified atom stereocenters. The second kappa shape index (κ2) is 16.0. The van der Waals surface area contributed by atoms with Crippen LogP contribution in [0.15, 0.2) is 91.4 Å². The molecule has 13 nitrogen and oxygen atoms in total. The average molecular weight is 734 g/mol. The van der Waals surface area contributed by atoms with E-state index in [-0.39, 0.29) is 36.7 Å². The number of hydrogen-bond acceptors (Lipinski definition) is 9. The van der Waals surface area contributed by atoms with Crippen LogP contribution in [0, 0.1) is 25.5 Å². The van der Waals surface area contributed by atoms with E-state index in [4.69, 9.17) is 9.47 Å². The Hall–Kier alpha value is -6.51. The highest BCUT2D eigenvalue weighted by atomic mass is 19.1. The van der Waals surface area contributed by atoms with E-state index >= 15 is 0 Å². The number of carbonyl (C=O) groups excluding carboxylic acids is 2. The molecular formula is C39H37F2N9O4. The van der Waals surface area contributed by atoms with Crippen LogP contribution < -0.4 is 9.47 Å². The molecule has 6 heterocycles. The van der Waals surface area contributed by atoms with E-state index in [0.29, 0.717) is 62.0 Å². The van der Waals surface area contributed by atoms with E-state index in [2.05, 4.69) is 25.1 Å². The summed E-state index contributed by atoms with van der Waals surface area (Å²) in [6.07, 6.45) is 4.70. The zero-order valence-corrected chi connectivity index (χ0v) is 29.7. The fourth-order valence-electron chi connectivity index (χ4n) is 6.01. The van der Waals surface area contributed by atoms with Gasteiger partial charge in [0.25, 0.3) is 11.8 Å². The fourth-order valence-corrected chi connectivity index (χ4v) is 6.01. The summed E-state index contributed by atoms with van der Waals surface area (Å²) in [6.45, 7) is 7.50. The lowest BCUT2D eigenvalue weighted by Gasteiger charge is -2.27. The quantitative estimate of drug-likeness (QED) is 0.204. The van der Waals surface area contributed by atoms with E-state index in [9.17, 15) is 18.4 Å². The van der Waals surface area contributed by atoms with Gasteiger partial charge in [0.1, 0.15) is 53.4 Å². The predicted molar refractivity (Wildman–Crippen MR) is 191 cm³/mol. The Kier molecular flexibility index (Phi) is 10.6. The van der Waals surface area contributed by atoms with Gasteiger partial charge in [-0.25, -0.2) is 13.8 Å².